The van der Waals surface area contributed by atoms with Gasteiger partial charge in [-0.25, -0.2) is 4.98 Å². The molecule has 1 saturated heterocycles. The van der Waals surface area contributed by atoms with Crippen molar-refractivity contribution < 1.29 is 0 Å². The molecular weight excluding hydrogens is 268 g/mol. The van der Waals surface area contributed by atoms with Crippen molar-refractivity contribution in [1.82, 2.24) is 15.2 Å². The lowest BCUT2D eigenvalue weighted by atomic mass is 10.0. The third-order valence-corrected chi connectivity index (χ3v) is 4.85. The van der Waals surface area contributed by atoms with Gasteiger partial charge in [0.25, 0.3) is 0 Å². The minimum atomic E-state index is 0.510. The fourth-order valence-corrected chi connectivity index (χ4v) is 3.39. The zero-order valence-electron chi connectivity index (χ0n) is 13.0. The highest BCUT2D eigenvalue weighted by Crippen LogP contribution is 2.19. The summed E-state index contributed by atoms with van der Waals surface area (Å²) in [4.78, 5) is 11.4. The maximum atomic E-state index is 4.66. The second kappa shape index (κ2) is 7.07. The van der Waals surface area contributed by atoms with Gasteiger partial charge in [0.1, 0.15) is 0 Å². The molecule has 2 heterocycles. The molecule has 5 heteroatoms. The van der Waals surface area contributed by atoms with Gasteiger partial charge < -0.3 is 10.2 Å². The van der Waals surface area contributed by atoms with Crippen molar-refractivity contribution in [2.24, 2.45) is 10.9 Å². The van der Waals surface area contributed by atoms with Crippen LogP contribution in [0.1, 0.15) is 50.2 Å². The molecule has 1 N–H and O–H groups in total. The number of hydrogen-bond acceptors (Lipinski definition) is 3. The van der Waals surface area contributed by atoms with Crippen LogP contribution < -0.4 is 5.32 Å². The summed E-state index contributed by atoms with van der Waals surface area (Å²) >= 11 is 1.75. The van der Waals surface area contributed by atoms with Crippen LogP contribution in [0, 0.1) is 5.92 Å². The maximum Gasteiger partial charge on any atom is 0.193 e. The largest absolute Gasteiger partial charge is 0.351 e. The molecule has 0 amide bonds. The van der Waals surface area contributed by atoms with Crippen LogP contribution in [-0.2, 0) is 6.54 Å². The molecule has 4 nitrogen and oxygen atoms in total. The van der Waals surface area contributed by atoms with E-state index < -0.39 is 0 Å². The van der Waals surface area contributed by atoms with Crippen LogP contribution in [0.2, 0.25) is 0 Å². The Morgan fingerprint density at radius 2 is 2.40 bits per heavy atom. The Morgan fingerprint density at radius 3 is 3.00 bits per heavy atom. The van der Waals surface area contributed by atoms with Gasteiger partial charge >= 0.3 is 0 Å². The summed E-state index contributed by atoms with van der Waals surface area (Å²) in [6, 6.07) is 0. The fraction of sp³-hybridized carbons (Fsp3) is 0.733. The summed E-state index contributed by atoms with van der Waals surface area (Å²) in [5.41, 5.74) is 1.12. The first-order valence-electron chi connectivity index (χ1n) is 7.50. The number of aliphatic imine (C=N–C) groups is 1. The quantitative estimate of drug-likeness (QED) is 0.688. The Bertz CT molecular complexity index is 452. The van der Waals surface area contributed by atoms with Crippen LogP contribution in [0.5, 0.6) is 0 Å². The van der Waals surface area contributed by atoms with Crippen molar-refractivity contribution in [1.29, 1.82) is 0 Å². The second-order valence-electron chi connectivity index (χ2n) is 5.93. The maximum absolute atomic E-state index is 4.66. The van der Waals surface area contributed by atoms with Gasteiger partial charge in [0.2, 0.25) is 0 Å². The van der Waals surface area contributed by atoms with Crippen LogP contribution in [0.15, 0.2) is 10.4 Å². The summed E-state index contributed by atoms with van der Waals surface area (Å²) in [6.45, 7) is 9.66. The van der Waals surface area contributed by atoms with Crippen LogP contribution in [-0.4, -0.2) is 36.0 Å². The number of rotatable bonds is 3. The predicted molar refractivity (Wildman–Crippen MR) is 86.4 cm³/mol. The topological polar surface area (TPSA) is 40.5 Å². The lowest BCUT2D eigenvalue weighted by Gasteiger charge is -2.33. The SMILES string of the molecule is CN=C(NCc1csc(C(C)C)n1)N1CCCC(C)C1. The third kappa shape index (κ3) is 3.95. The van der Waals surface area contributed by atoms with Crippen molar-refractivity contribution in [3.05, 3.63) is 16.1 Å². The van der Waals surface area contributed by atoms with Crippen LogP contribution >= 0.6 is 11.3 Å². The van der Waals surface area contributed by atoms with Crippen LogP contribution in [0.25, 0.3) is 0 Å². The van der Waals surface area contributed by atoms with Crippen molar-refractivity contribution in [2.45, 2.75) is 46.1 Å². The van der Waals surface area contributed by atoms with E-state index in [2.05, 4.69) is 46.3 Å². The molecule has 0 aromatic carbocycles. The molecule has 0 spiro atoms. The Balaban J connectivity index is 1.90. The average Bonchev–Trinajstić information content (AvgIpc) is 2.88. The van der Waals surface area contributed by atoms with E-state index in [9.17, 15) is 0 Å². The minimum Gasteiger partial charge on any atom is -0.351 e. The van der Waals surface area contributed by atoms with Crippen LogP contribution in [0.3, 0.4) is 0 Å². The number of guanidine groups is 1. The molecular formula is C15H26N4S. The number of aromatic nitrogens is 1. The zero-order valence-corrected chi connectivity index (χ0v) is 13.8. The standard InChI is InChI=1S/C15H26N4S/c1-11(2)14-18-13(10-20-14)8-17-15(16-4)19-7-5-6-12(3)9-19/h10-12H,5-9H2,1-4H3,(H,16,17). The van der Waals surface area contributed by atoms with Gasteiger partial charge in [0, 0.05) is 31.4 Å². The summed E-state index contributed by atoms with van der Waals surface area (Å²) in [7, 11) is 1.86. The van der Waals surface area contributed by atoms with Gasteiger partial charge in [-0.15, -0.1) is 11.3 Å². The van der Waals surface area contributed by atoms with Gasteiger partial charge in [0.05, 0.1) is 17.2 Å². The summed E-state index contributed by atoms with van der Waals surface area (Å²) in [6.07, 6.45) is 2.59. The highest BCUT2D eigenvalue weighted by molar-refractivity contribution is 7.09. The van der Waals surface area contributed by atoms with Gasteiger partial charge in [0.15, 0.2) is 5.96 Å². The molecule has 0 radical (unpaired) electrons. The Labute approximate surface area is 126 Å². The molecule has 0 saturated carbocycles. The molecule has 1 aromatic rings. The summed E-state index contributed by atoms with van der Waals surface area (Å²) < 4.78 is 0. The first-order chi connectivity index (χ1) is 9.60. The summed E-state index contributed by atoms with van der Waals surface area (Å²) in [5, 5.41) is 6.81. The molecule has 2 rings (SSSR count). The van der Waals surface area contributed by atoms with Gasteiger partial charge in [-0.05, 0) is 18.8 Å². The van der Waals surface area contributed by atoms with Crippen molar-refractivity contribution >= 4 is 17.3 Å². The molecule has 0 aliphatic carbocycles. The molecule has 1 aliphatic rings. The third-order valence-electron chi connectivity index (χ3n) is 3.66. The molecule has 0 bridgehead atoms. The highest BCUT2D eigenvalue weighted by atomic mass is 32.1. The molecule has 1 aromatic heterocycles. The molecule has 1 atom stereocenters. The predicted octanol–water partition coefficient (Wildman–Crippen LogP) is 3.07. The normalized spacial score (nSPS) is 20.6. The van der Waals surface area contributed by atoms with Crippen LogP contribution in [0.4, 0.5) is 0 Å². The average molecular weight is 294 g/mol. The smallest absolute Gasteiger partial charge is 0.193 e. The van der Waals surface area contributed by atoms with Gasteiger partial charge in [-0.3, -0.25) is 4.99 Å². The first-order valence-corrected chi connectivity index (χ1v) is 8.38. The Hall–Kier alpha value is -1.10. The monoisotopic (exact) mass is 294 g/mol. The number of thiazole rings is 1. The fourth-order valence-electron chi connectivity index (χ4n) is 2.55. The van der Waals surface area contributed by atoms with E-state index in [-0.39, 0.29) is 0 Å². The number of hydrogen-bond donors (Lipinski definition) is 1. The molecule has 1 aliphatic heterocycles. The van der Waals surface area contributed by atoms with E-state index in [4.69, 9.17) is 0 Å². The molecule has 20 heavy (non-hydrogen) atoms. The minimum absolute atomic E-state index is 0.510. The van der Waals surface area contributed by atoms with E-state index in [0.29, 0.717) is 5.92 Å². The van der Waals surface area contributed by atoms with E-state index in [0.717, 1.165) is 37.2 Å². The highest BCUT2D eigenvalue weighted by Gasteiger charge is 2.19. The van der Waals surface area contributed by atoms with Gasteiger partial charge in [-0.1, -0.05) is 20.8 Å². The first kappa shape index (κ1) is 15.3. The number of nitrogens with zero attached hydrogens (tertiary/aromatic N) is 3. The lowest BCUT2D eigenvalue weighted by molar-refractivity contribution is 0.266. The van der Waals surface area contributed by atoms with E-state index in [1.165, 1.54) is 17.8 Å². The van der Waals surface area contributed by atoms with E-state index in [1.807, 2.05) is 7.05 Å². The number of nitrogens with one attached hydrogen (secondary N) is 1. The Kier molecular flexibility index (Phi) is 5.40. The van der Waals surface area contributed by atoms with Gasteiger partial charge in [-0.2, -0.15) is 0 Å². The number of piperidine rings is 1. The molecule has 1 unspecified atom stereocenters. The van der Waals surface area contributed by atoms with Crippen molar-refractivity contribution in [3.63, 3.8) is 0 Å². The van der Waals surface area contributed by atoms with E-state index in [1.54, 1.807) is 11.3 Å². The lowest BCUT2D eigenvalue weighted by Crippen LogP contribution is -2.45. The van der Waals surface area contributed by atoms with Crippen molar-refractivity contribution in [2.75, 3.05) is 20.1 Å². The van der Waals surface area contributed by atoms with Crippen molar-refractivity contribution in [3.8, 4) is 0 Å². The molecule has 1 fully saturated rings. The second-order valence-corrected chi connectivity index (χ2v) is 6.82. The molecule has 112 valence electrons. The summed E-state index contributed by atoms with van der Waals surface area (Å²) in [5.74, 6) is 2.28. The van der Waals surface area contributed by atoms with E-state index >= 15 is 0 Å². The number of likely N-dealkylation sites (tertiary alicyclic amines) is 1. The zero-order chi connectivity index (χ0) is 14.5. The Morgan fingerprint density at radius 1 is 1.60 bits per heavy atom.